The fraction of sp³-hybridized carbons (Fsp3) is 0.538. The maximum absolute atomic E-state index is 11.9. The van der Waals surface area contributed by atoms with Gasteiger partial charge in [-0.25, -0.2) is 4.21 Å². The molecule has 0 fully saturated rings. The maximum Gasteiger partial charge on any atom is 0.192 e. The number of hydrogen-bond acceptors (Lipinski definition) is 3. The second-order valence-electron chi connectivity index (χ2n) is 3.79. The van der Waals surface area contributed by atoms with Crippen molar-refractivity contribution in [3.63, 3.8) is 0 Å². The Balaban J connectivity index is 2.83. The van der Waals surface area contributed by atoms with Crippen LogP contribution in [0, 0.1) is 6.92 Å². The van der Waals surface area contributed by atoms with Crippen LogP contribution in [0.15, 0.2) is 23.1 Å². The van der Waals surface area contributed by atoms with Gasteiger partial charge in [0.1, 0.15) is 10.6 Å². The molecule has 96 valence electrons. The zero-order chi connectivity index (χ0) is 12.7. The predicted molar refractivity (Wildman–Crippen MR) is 69.6 cm³/mol. The average molecular weight is 256 g/mol. The first-order valence-corrected chi connectivity index (χ1v) is 7.05. The van der Waals surface area contributed by atoms with Crippen LogP contribution < -0.4 is 4.74 Å². The minimum atomic E-state index is -1.44. The zero-order valence-corrected chi connectivity index (χ0v) is 11.5. The van der Waals surface area contributed by atoms with E-state index in [1.54, 1.807) is 0 Å². The highest BCUT2D eigenvalue weighted by atomic mass is 32.2. The van der Waals surface area contributed by atoms with Crippen molar-refractivity contribution in [2.45, 2.75) is 38.5 Å². The summed E-state index contributed by atoms with van der Waals surface area (Å²) in [5.41, 5.74) is 1.05. The predicted octanol–water partition coefficient (Wildman–Crippen LogP) is 3.23. The van der Waals surface area contributed by atoms with Crippen LogP contribution in [-0.2, 0) is 15.3 Å². The first-order valence-electron chi connectivity index (χ1n) is 5.97. The van der Waals surface area contributed by atoms with Crippen LogP contribution in [0.2, 0.25) is 0 Å². The first kappa shape index (κ1) is 14.2. The Kier molecular flexibility index (Phi) is 6.22. The summed E-state index contributed by atoms with van der Waals surface area (Å²) in [6.45, 7) is 6.97. The van der Waals surface area contributed by atoms with Gasteiger partial charge in [-0.05, 0) is 38.0 Å². The van der Waals surface area contributed by atoms with Crippen molar-refractivity contribution in [1.29, 1.82) is 0 Å². The highest BCUT2D eigenvalue weighted by Gasteiger charge is 2.11. The number of unbranched alkanes of at least 4 members (excludes halogenated alkanes) is 1. The molecule has 17 heavy (non-hydrogen) atoms. The molecule has 0 amide bonds. The summed E-state index contributed by atoms with van der Waals surface area (Å²) in [5.74, 6) is 0.663. The normalized spacial score (nSPS) is 12.4. The molecule has 0 saturated heterocycles. The Bertz CT molecular complexity index is 377. The second-order valence-corrected chi connectivity index (χ2v) is 4.94. The van der Waals surface area contributed by atoms with Crippen molar-refractivity contribution in [2.75, 3.05) is 13.2 Å². The van der Waals surface area contributed by atoms with Crippen molar-refractivity contribution < 1.29 is 13.1 Å². The van der Waals surface area contributed by atoms with Gasteiger partial charge in [-0.2, -0.15) is 0 Å². The highest BCUT2D eigenvalue weighted by Crippen LogP contribution is 2.24. The van der Waals surface area contributed by atoms with Crippen LogP contribution in [0.1, 0.15) is 32.3 Å². The van der Waals surface area contributed by atoms with Gasteiger partial charge in [-0.3, -0.25) is 4.18 Å². The minimum Gasteiger partial charge on any atom is -0.492 e. The Morgan fingerprint density at radius 3 is 2.71 bits per heavy atom. The van der Waals surface area contributed by atoms with Crippen molar-refractivity contribution in [3.05, 3.63) is 23.8 Å². The average Bonchev–Trinajstić information content (AvgIpc) is 2.31. The standard InChI is InChI=1S/C13H20O3S/c1-4-6-9-15-12-8-7-11(3)10-13(12)17(14)16-5-2/h7-8,10H,4-6,9H2,1-3H3. The molecule has 0 bridgehead atoms. The van der Waals surface area contributed by atoms with E-state index in [1.807, 2.05) is 32.0 Å². The Hall–Kier alpha value is -0.870. The molecule has 0 N–H and O–H groups in total. The van der Waals surface area contributed by atoms with E-state index >= 15 is 0 Å². The molecular formula is C13H20O3S. The minimum absolute atomic E-state index is 0.426. The van der Waals surface area contributed by atoms with E-state index in [4.69, 9.17) is 8.92 Å². The summed E-state index contributed by atoms with van der Waals surface area (Å²) in [6, 6.07) is 5.66. The molecule has 1 aromatic carbocycles. The molecule has 1 unspecified atom stereocenters. The van der Waals surface area contributed by atoms with Crippen molar-refractivity contribution in [1.82, 2.24) is 0 Å². The maximum atomic E-state index is 11.9. The summed E-state index contributed by atoms with van der Waals surface area (Å²) in [5, 5.41) is 0. The Morgan fingerprint density at radius 1 is 1.29 bits per heavy atom. The molecule has 0 radical (unpaired) electrons. The summed E-state index contributed by atoms with van der Waals surface area (Å²) in [6.07, 6.45) is 2.07. The molecule has 4 heteroatoms. The molecule has 0 saturated carbocycles. The Labute approximate surface area is 106 Å². The number of rotatable bonds is 7. The van der Waals surface area contributed by atoms with Crippen LogP contribution in [0.4, 0.5) is 0 Å². The summed E-state index contributed by atoms with van der Waals surface area (Å²) >= 11 is -1.44. The molecule has 0 aliphatic carbocycles. The topological polar surface area (TPSA) is 35.5 Å². The monoisotopic (exact) mass is 256 g/mol. The summed E-state index contributed by atoms with van der Waals surface area (Å²) < 4.78 is 22.6. The van der Waals surface area contributed by atoms with Crippen LogP contribution in [0.25, 0.3) is 0 Å². The SMILES string of the molecule is CCCCOc1ccc(C)cc1S(=O)OCC. The van der Waals surface area contributed by atoms with E-state index in [0.717, 1.165) is 18.4 Å². The number of ether oxygens (including phenoxy) is 1. The van der Waals surface area contributed by atoms with Gasteiger partial charge in [0.25, 0.3) is 0 Å². The van der Waals surface area contributed by atoms with E-state index in [-0.39, 0.29) is 0 Å². The zero-order valence-electron chi connectivity index (χ0n) is 10.7. The molecule has 0 aliphatic rings. The number of benzene rings is 1. The van der Waals surface area contributed by atoms with Crippen LogP contribution >= 0.6 is 0 Å². The number of hydrogen-bond donors (Lipinski definition) is 0. The van der Waals surface area contributed by atoms with Crippen LogP contribution in [-0.4, -0.2) is 17.4 Å². The Morgan fingerprint density at radius 2 is 2.06 bits per heavy atom. The molecule has 0 aromatic heterocycles. The molecule has 0 heterocycles. The highest BCUT2D eigenvalue weighted by molar-refractivity contribution is 7.80. The third-order valence-corrected chi connectivity index (χ3v) is 3.39. The van der Waals surface area contributed by atoms with Crippen LogP contribution in [0.5, 0.6) is 5.75 Å². The molecule has 1 atom stereocenters. The van der Waals surface area contributed by atoms with Gasteiger partial charge >= 0.3 is 0 Å². The fourth-order valence-corrected chi connectivity index (χ4v) is 2.28. The van der Waals surface area contributed by atoms with Gasteiger partial charge in [0, 0.05) is 0 Å². The fourth-order valence-electron chi connectivity index (χ4n) is 1.36. The van der Waals surface area contributed by atoms with Gasteiger partial charge in [0.05, 0.1) is 13.2 Å². The lowest BCUT2D eigenvalue weighted by Gasteiger charge is -2.11. The van der Waals surface area contributed by atoms with E-state index < -0.39 is 11.1 Å². The van der Waals surface area contributed by atoms with Gasteiger partial charge < -0.3 is 4.74 Å². The molecule has 1 aromatic rings. The molecule has 0 aliphatic heterocycles. The van der Waals surface area contributed by atoms with E-state index in [0.29, 0.717) is 23.9 Å². The van der Waals surface area contributed by atoms with Gasteiger partial charge in [-0.15, -0.1) is 0 Å². The van der Waals surface area contributed by atoms with Gasteiger partial charge in [0.2, 0.25) is 0 Å². The van der Waals surface area contributed by atoms with Crippen molar-refractivity contribution >= 4 is 11.1 Å². The van der Waals surface area contributed by atoms with E-state index in [2.05, 4.69) is 6.92 Å². The quantitative estimate of drug-likeness (QED) is 0.703. The lowest BCUT2D eigenvalue weighted by Crippen LogP contribution is -2.04. The van der Waals surface area contributed by atoms with Gasteiger partial charge in [0.15, 0.2) is 11.1 Å². The summed E-state index contributed by atoms with van der Waals surface area (Å²) in [4.78, 5) is 0.628. The third kappa shape index (κ3) is 4.48. The molecular weight excluding hydrogens is 236 g/mol. The van der Waals surface area contributed by atoms with Gasteiger partial charge in [-0.1, -0.05) is 19.4 Å². The smallest absolute Gasteiger partial charge is 0.192 e. The lowest BCUT2D eigenvalue weighted by molar-refractivity contribution is 0.299. The number of aryl methyl sites for hydroxylation is 1. The molecule has 1 rings (SSSR count). The second kappa shape index (κ2) is 7.45. The lowest BCUT2D eigenvalue weighted by atomic mass is 10.2. The third-order valence-electron chi connectivity index (χ3n) is 2.26. The molecule has 0 spiro atoms. The van der Waals surface area contributed by atoms with Crippen molar-refractivity contribution in [3.8, 4) is 5.75 Å². The summed E-state index contributed by atoms with van der Waals surface area (Å²) in [7, 11) is 0. The van der Waals surface area contributed by atoms with Crippen LogP contribution in [0.3, 0.4) is 0 Å². The van der Waals surface area contributed by atoms with E-state index in [1.165, 1.54) is 0 Å². The van der Waals surface area contributed by atoms with Crippen molar-refractivity contribution in [2.24, 2.45) is 0 Å². The van der Waals surface area contributed by atoms with E-state index in [9.17, 15) is 4.21 Å². The first-order chi connectivity index (χ1) is 8.19. The largest absolute Gasteiger partial charge is 0.492 e. The molecule has 3 nitrogen and oxygen atoms in total.